The Hall–Kier alpha value is -0.900. The van der Waals surface area contributed by atoms with Gasteiger partial charge in [0.15, 0.2) is 0 Å². The zero-order chi connectivity index (χ0) is 12.1. The lowest BCUT2D eigenvalue weighted by molar-refractivity contribution is 0.0943. The maximum atomic E-state index is 11.8. The van der Waals surface area contributed by atoms with Crippen LogP contribution in [0.4, 0.5) is 0 Å². The maximum absolute atomic E-state index is 11.8. The molecule has 1 aliphatic carbocycles. The Morgan fingerprint density at radius 3 is 2.82 bits per heavy atom. The number of hydrogen-bond acceptors (Lipinski definition) is 2. The van der Waals surface area contributed by atoms with Crippen molar-refractivity contribution in [3.05, 3.63) is 30.1 Å². The second kappa shape index (κ2) is 6.15. The highest BCUT2D eigenvalue weighted by Gasteiger charge is 2.19. The van der Waals surface area contributed by atoms with Gasteiger partial charge in [-0.05, 0) is 43.7 Å². The number of carbonyl (C=O) groups excluding carboxylic acids is 1. The van der Waals surface area contributed by atoms with Crippen molar-refractivity contribution in [1.82, 2.24) is 10.3 Å². The predicted octanol–water partition coefficient (Wildman–Crippen LogP) is 2.77. The Kier molecular flexibility index (Phi) is 4.54. The standard InChI is InChI=1S/C13H17BrN2O/c14-12-5-3-10(4-6-12)8-16-13(17)11-2-1-7-15-9-11/h1-2,7,9-10,12H,3-6,8H2,(H,16,17). The minimum atomic E-state index is -0.0148. The summed E-state index contributed by atoms with van der Waals surface area (Å²) in [5.74, 6) is 0.614. The molecule has 0 unspecified atom stereocenters. The molecule has 0 spiro atoms. The molecular formula is C13H17BrN2O. The smallest absolute Gasteiger partial charge is 0.252 e. The van der Waals surface area contributed by atoms with E-state index in [4.69, 9.17) is 0 Å². The van der Waals surface area contributed by atoms with Crippen molar-refractivity contribution < 1.29 is 4.79 Å². The second-order valence-corrected chi connectivity index (χ2v) is 5.86. The van der Waals surface area contributed by atoms with Crippen LogP contribution in [0.2, 0.25) is 0 Å². The molecule has 1 fully saturated rings. The van der Waals surface area contributed by atoms with Crippen LogP contribution in [0.1, 0.15) is 36.0 Å². The van der Waals surface area contributed by atoms with Gasteiger partial charge in [-0.15, -0.1) is 0 Å². The van der Waals surface area contributed by atoms with Crippen LogP contribution in [0.25, 0.3) is 0 Å². The quantitative estimate of drug-likeness (QED) is 0.872. The topological polar surface area (TPSA) is 42.0 Å². The van der Waals surface area contributed by atoms with Crippen molar-refractivity contribution in [1.29, 1.82) is 0 Å². The van der Waals surface area contributed by atoms with Crippen molar-refractivity contribution in [2.24, 2.45) is 5.92 Å². The molecule has 0 saturated heterocycles. The molecule has 0 aliphatic heterocycles. The summed E-state index contributed by atoms with van der Waals surface area (Å²) in [7, 11) is 0. The van der Waals surface area contributed by atoms with E-state index in [1.54, 1.807) is 24.5 Å². The van der Waals surface area contributed by atoms with E-state index in [9.17, 15) is 4.79 Å². The molecule has 1 aliphatic rings. The van der Waals surface area contributed by atoms with Crippen molar-refractivity contribution in [3.63, 3.8) is 0 Å². The van der Waals surface area contributed by atoms with Crippen molar-refractivity contribution >= 4 is 21.8 Å². The molecule has 4 heteroatoms. The summed E-state index contributed by atoms with van der Waals surface area (Å²) in [6.07, 6.45) is 8.10. The minimum Gasteiger partial charge on any atom is -0.352 e. The van der Waals surface area contributed by atoms with Gasteiger partial charge in [-0.25, -0.2) is 0 Å². The van der Waals surface area contributed by atoms with Gasteiger partial charge in [0, 0.05) is 23.8 Å². The highest BCUT2D eigenvalue weighted by Crippen LogP contribution is 2.28. The third kappa shape index (κ3) is 3.80. The van der Waals surface area contributed by atoms with Crippen LogP contribution in [-0.4, -0.2) is 22.3 Å². The van der Waals surface area contributed by atoms with Gasteiger partial charge in [-0.3, -0.25) is 9.78 Å². The average molecular weight is 297 g/mol. The number of nitrogens with zero attached hydrogens (tertiary/aromatic N) is 1. The van der Waals surface area contributed by atoms with Gasteiger partial charge in [0.1, 0.15) is 0 Å². The average Bonchev–Trinajstić information content (AvgIpc) is 2.39. The van der Waals surface area contributed by atoms with Gasteiger partial charge in [0.05, 0.1) is 5.56 Å². The van der Waals surface area contributed by atoms with E-state index >= 15 is 0 Å². The van der Waals surface area contributed by atoms with Gasteiger partial charge in [-0.1, -0.05) is 15.9 Å². The van der Waals surface area contributed by atoms with E-state index in [0.29, 0.717) is 16.3 Å². The lowest BCUT2D eigenvalue weighted by Gasteiger charge is -2.25. The summed E-state index contributed by atoms with van der Waals surface area (Å²) < 4.78 is 0. The summed E-state index contributed by atoms with van der Waals surface area (Å²) in [6, 6.07) is 3.57. The molecule has 0 radical (unpaired) electrons. The third-order valence-electron chi connectivity index (χ3n) is 3.25. The molecule has 1 saturated carbocycles. The van der Waals surface area contributed by atoms with E-state index in [2.05, 4.69) is 26.2 Å². The lowest BCUT2D eigenvalue weighted by atomic mass is 9.89. The molecular weight excluding hydrogens is 280 g/mol. The molecule has 2 rings (SSSR count). The largest absolute Gasteiger partial charge is 0.352 e. The van der Waals surface area contributed by atoms with E-state index in [1.165, 1.54) is 25.7 Å². The van der Waals surface area contributed by atoms with Gasteiger partial charge >= 0.3 is 0 Å². The summed E-state index contributed by atoms with van der Waals surface area (Å²) in [5.41, 5.74) is 0.640. The zero-order valence-electron chi connectivity index (χ0n) is 9.73. The summed E-state index contributed by atoms with van der Waals surface area (Å²) in [4.78, 5) is 16.4. The number of nitrogens with one attached hydrogen (secondary N) is 1. The fourth-order valence-electron chi connectivity index (χ4n) is 2.16. The highest BCUT2D eigenvalue weighted by atomic mass is 79.9. The van der Waals surface area contributed by atoms with Crippen molar-refractivity contribution in [3.8, 4) is 0 Å². The molecule has 1 N–H and O–H groups in total. The van der Waals surface area contributed by atoms with Gasteiger partial charge < -0.3 is 5.32 Å². The number of pyridine rings is 1. The van der Waals surface area contributed by atoms with E-state index in [-0.39, 0.29) is 5.91 Å². The monoisotopic (exact) mass is 296 g/mol. The molecule has 1 amide bonds. The van der Waals surface area contributed by atoms with E-state index in [1.807, 2.05) is 0 Å². The van der Waals surface area contributed by atoms with Gasteiger partial charge in [0.25, 0.3) is 5.91 Å². The molecule has 0 aromatic carbocycles. The normalized spacial score (nSPS) is 24.3. The van der Waals surface area contributed by atoms with E-state index in [0.717, 1.165) is 6.54 Å². The van der Waals surface area contributed by atoms with Gasteiger partial charge in [-0.2, -0.15) is 0 Å². The Morgan fingerprint density at radius 2 is 2.18 bits per heavy atom. The minimum absolute atomic E-state index is 0.0148. The van der Waals surface area contributed by atoms with Crippen LogP contribution in [0.3, 0.4) is 0 Å². The summed E-state index contributed by atoms with van der Waals surface area (Å²) in [5, 5.41) is 2.99. The first kappa shape index (κ1) is 12.6. The molecule has 0 bridgehead atoms. The number of aromatic nitrogens is 1. The Labute approximate surface area is 110 Å². The molecule has 3 nitrogen and oxygen atoms in total. The van der Waals surface area contributed by atoms with Gasteiger partial charge in [0.2, 0.25) is 0 Å². The van der Waals surface area contributed by atoms with Crippen LogP contribution in [0.15, 0.2) is 24.5 Å². The molecule has 0 atom stereocenters. The number of hydrogen-bond donors (Lipinski definition) is 1. The number of rotatable bonds is 3. The fourth-order valence-corrected chi connectivity index (χ4v) is 2.69. The molecule has 1 heterocycles. The van der Waals surface area contributed by atoms with Crippen molar-refractivity contribution in [2.45, 2.75) is 30.5 Å². The SMILES string of the molecule is O=C(NCC1CCC(Br)CC1)c1cccnc1. The second-order valence-electron chi connectivity index (χ2n) is 4.57. The first-order chi connectivity index (χ1) is 8.25. The maximum Gasteiger partial charge on any atom is 0.252 e. The van der Waals surface area contributed by atoms with Crippen LogP contribution < -0.4 is 5.32 Å². The number of amides is 1. The van der Waals surface area contributed by atoms with Crippen LogP contribution >= 0.6 is 15.9 Å². The highest BCUT2D eigenvalue weighted by molar-refractivity contribution is 9.09. The molecule has 92 valence electrons. The van der Waals surface area contributed by atoms with Crippen LogP contribution in [0.5, 0.6) is 0 Å². The van der Waals surface area contributed by atoms with Crippen LogP contribution in [-0.2, 0) is 0 Å². The van der Waals surface area contributed by atoms with Crippen molar-refractivity contribution in [2.75, 3.05) is 6.54 Å². The Morgan fingerprint density at radius 1 is 1.41 bits per heavy atom. The predicted molar refractivity (Wildman–Crippen MR) is 71.2 cm³/mol. The lowest BCUT2D eigenvalue weighted by Crippen LogP contribution is -2.31. The fraction of sp³-hybridized carbons (Fsp3) is 0.538. The van der Waals surface area contributed by atoms with Crippen LogP contribution in [0, 0.1) is 5.92 Å². The molecule has 1 aromatic heterocycles. The number of carbonyl (C=O) groups is 1. The zero-order valence-corrected chi connectivity index (χ0v) is 11.3. The summed E-state index contributed by atoms with van der Waals surface area (Å²) >= 11 is 3.64. The first-order valence-electron chi connectivity index (χ1n) is 6.08. The number of alkyl halides is 1. The summed E-state index contributed by atoms with van der Waals surface area (Å²) in [6.45, 7) is 0.785. The Bertz CT molecular complexity index is 361. The Balaban J connectivity index is 1.77. The number of halogens is 1. The first-order valence-corrected chi connectivity index (χ1v) is 6.99. The van der Waals surface area contributed by atoms with E-state index < -0.39 is 0 Å². The molecule has 1 aromatic rings. The third-order valence-corrected chi connectivity index (χ3v) is 4.17. The molecule has 17 heavy (non-hydrogen) atoms.